The van der Waals surface area contributed by atoms with Crippen molar-refractivity contribution in [2.45, 2.75) is 80.1 Å². The summed E-state index contributed by atoms with van der Waals surface area (Å²) in [5.41, 5.74) is 13.0. The molecule has 1 aromatic carbocycles. The molecular formula is C40H48LuN5O8-. The van der Waals surface area contributed by atoms with E-state index in [1.807, 2.05) is 12.1 Å². The van der Waals surface area contributed by atoms with Crippen LogP contribution in [0, 0.1) is 36.9 Å². The van der Waals surface area contributed by atoms with Gasteiger partial charge in [-0.15, -0.1) is 5.52 Å². The van der Waals surface area contributed by atoms with Crippen LogP contribution in [0.25, 0.3) is 44.4 Å². The van der Waals surface area contributed by atoms with Gasteiger partial charge in [-0.25, -0.2) is 9.97 Å². The number of aliphatic carboxylic acids is 2. The summed E-state index contributed by atoms with van der Waals surface area (Å²) in [6.45, 7) is 11.4. The third-order valence-electron chi connectivity index (χ3n) is 8.88. The number of ether oxygens (including phenoxy) is 3. The Hall–Kier alpha value is -4.33. The summed E-state index contributed by atoms with van der Waals surface area (Å²) in [7, 11) is 3.21. The smallest absolute Gasteiger partial charge is 0.300 e. The summed E-state index contributed by atoms with van der Waals surface area (Å²) in [5.74, 6) is 0.189. The van der Waals surface area contributed by atoms with E-state index < -0.39 is 11.9 Å². The van der Waals surface area contributed by atoms with Gasteiger partial charge in [-0.05, 0) is 74.7 Å². The predicted molar refractivity (Wildman–Crippen MR) is 205 cm³/mol. The monoisotopic (exact) mass is 901 g/mol. The van der Waals surface area contributed by atoms with Gasteiger partial charge in [0.1, 0.15) is 11.4 Å². The number of nitrogens with zero attached hydrogens (tertiary/aromatic N) is 5. The molecule has 0 unspecified atom stereocenters. The zero-order valence-corrected chi connectivity index (χ0v) is 33.6. The second kappa shape index (κ2) is 20.4. The Balaban J connectivity index is 0.000000795. The van der Waals surface area contributed by atoms with Crippen molar-refractivity contribution < 1.29 is 76.0 Å². The van der Waals surface area contributed by atoms with Crippen LogP contribution < -0.4 is 19.2 Å². The number of aliphatic hydroxyl groups is 1. The minimum absolute atomic E-state index is 0. The Morgan fingerprint density at radius 1 is 0.852 bits per heavy atom. The number of methoxy groups -OCH3 is 2. The van der Waals surface area contributed by atoms with Crippen molar-refractivity contribution in [1.29, 1.82) is 0 Å². The summed E-state index contributed by atoms with van der Waals surface area (Å²) in [5, 5.41) is 24.5. The van der Waals surface area contributed by atoms with E-state index in [9.17, 15) is 5.11 Å². The summed E-state index contributed by atoms with van der Waals surface area (Å²) in [6, 6.07) is 5.74. The molecule has 3 aliphatic rings. The molecule has 0 spiro atoms. The summed E-state index contributed by atoms with van der Waals surface area (Å²) in [6.07, 6.45) is 8.32. The van der Waals surface area contributed by atoms with E-state index in [-0.39, 0.29) is 43.5 Å². The summed E-state index contributed by atoms with van der Waals surface area (Å²) in [4.78, 5) is 43.2. The second-order valence-corrected chi connectivity index (χ2v) is 12.4. The number of aryl methyl sites for hydroxylation is 2. The molecule has 0 atom stereocenters. The van der Waals surface area contributed by atoms with Crippen molar-refractivity contribution in [1.82, 2.24) is 24.9 Å². The van der Waals surface area contributed by atoms with Gasteiger partial charge in [-0.2, -0.15) is 0 Å². The first-order valence-electron chi connectivity index (χ1n) is 17.6. The van der Waals surface area contributed by atoms with Crippen LogP contribution in [-0.2, 0) is 22.4 Å². The molecule has 6 rings (SSSR count). The van der Waals surface area contributed by atoms with Crippen molar-refractivity contribution in [2.75, 3.05) is 27.4 Å². The molecule has 2 aromatic heterocycles. The van der Waals surface area contributed by atoms with Gasteiger partial charge in [-0.1, -0.05) is 36.6 Å². The number of aliphatic hydroxyl groups excluding tert-OH is 1. The van der Waals surface area contributed by atoms with E-state index in [2.05, 4.69) is 33.8 Å². The Bertz CT molecular complexity index is 2120. The number of aromatic nitrogens is 5. The maximum atomic E-state index is 9.69. The van der Waals surface area contributed by atoms with Gasteiger partial charge in [0.05, 0.1) is 61.3 Å². The first kappa shape index (κ1) is 44.1. The van der Waals surface area contributed by atoms with Crippen LogP contribution in [0.5, 0.6) is 17.2 Å². The zero-order chi connectivity index (χ0) is 38.8. The maximum absolute atomic E-state index is 9.69. The minimum atomic E-state index is -0.833. The van der Waals surface area contributed by atoms with E-state index in [1.165, 1.54) is 16.7 Å². The average Bonchev–Trinajstić information content (AvgIpc) is 3.67. The van der Waals surface area contributed by atoms with Gasteiger partial charge in [0.15, 0.2) is 11.5 Å². The number of rotatable bonds is 7. The Kier molecular flexibility index (Phi) is 16.6. The van der Waals surface area contributed by atoms with Gasteiger partial charge in [0.2, 0.25) is 0 Å². The molecule has 3 N–H and O–H groups in total. The van der Waals surface area contributed by atoms with Crippen LogP contribution in [-0.4, -0.2) is 74.6 Å². The number of carboxylic acids is 2. The van der Waals surface area contributed by atoms with Gasteiger partial charge in [0.25, 0.3) is 11.9 Å². The van der Waals surface area contributed by atoms with Crippen LogP contribution in [0.3, 0.4) is 0 Å². The molecule has 13 nitrogen and oxygen atoms in total. The molecule has 3 aromatic rings. The average molecular weight is 902 g/mol. The van der Waals surface area contributed by atoms with E-state index in [0.717, 1.165) is 95.8 Å². The third kappa shape index (κ3) is 10.2. The Morgan fingerprint density at radius 3 is 1.93 bits per heavy atom. The zero-order valence-electron chi connectivity index (χ0n) is 31.9. The van der Waals surface area contributed by atoms with E-state index in [4.69, 9.17) is 58.9 Å². The molecule has 0 aliphatic carbocycles. The SMILES string of the molecule is CC(=O)O.CC(=O)O.CCc1c(CC)c2[n-]c1cc1nc(cnc3cc(OC)c(OC)cc3ncc3nc4c2OCCCC4=C3C)C(C)=C1CCCO.[Lu]. The molecule has 1 radical (unpaired) electrons. The standard InChI is InChI=1S/C36H40N5O4.2C2H4O2.Lu/c1-7-22-23(8-2)34-36-35-25(12-10-14-45-36)21(4)31(41-35)19-38-29-17-33(44-6)32(43-5)16-28(29)37-18-30-20(3)24(11-9-13-42)27(39-30)15-26(22)40-34;2*1-2(3)4;/h15-19,42H,7-14H2,1-6H3;2*1H3,(H,3,4);/q-1;;;. The number of hydrogen-bond donors (Lipinski definition) is 3. The van der Waals surface area contributed by atoms with Crippen LogP contribution >= 0.6 is 0 Å². The molecule has 0 saturated carbocycles. The molecule has 3 aliphatic heterocycles. The van der Waals surface area contributed by atoms with Crippen molar-refractivity contribution in [3.05, 3.63) is 64.5 Å². The fraction of sp³-hybridized carbons (Fsp3) is 0.400. The molecule has 6 bridgehead atoms. The van der Waals surface area contributed by atoms with Crippen molar-refractivity contribution in [2.24, 2.45) is 0 Å². The van der Waals surface area contributed by atoms with Gasteiger partial charge >= 0.3 is 0 Å². The molecule has 0 amide bonds. The molecule has 14 heteroatoms. The van der Waals surface area contributed by atoms with Gasteiger partial charge < -0.3 is 34.5 Å². The number of benzene rings is 1. The molecule has 0 saturated heterocycles. The van der Waals surface area contributed by atoms with Gasteiger partial charge in [0, 0.05) is 69.5 Å². The molecule has 5 heterocycles. The third-order valence-corrected chi connectivity index (χ3v) is 8.88. The van der Waals surface area contributed by atoms with Crippen molar-refractivity contribution in [3.63, 3.8) is 0 Å². The minimum Gasteiger partial charge on any atom is -0.654 e. The predicted octanol–water partition coefficient (Wildman–Crippen LogP) is 7.10. The van der Waals surface area contributed by atoms with E-state index in [0.29, 0.717) is 42.0 Å². The maximum Gasteiger partial charge on any atom is 0.300 e. The number of hydrogen-bond acceptors (Lipinski definition) is 10. The fourth-order valence-electron chi connectivity index (χ4n) is 6.43. The van der Waals surface area contributed by atoms with Crippen LogP contribution in [0.4, 0.5) is 0 Å². The topological polar surface area (TPSA) is 188 Å². The Morgan fingerprint density at radius 2 is 1.41 bits per heavy atom. The molecule has 0 fully saturated rings. The number of allylic oxidation sites excluding steroid dienone is 4. The summed E-state index contributed by atoms with van der Waals surface area (Å²) >= 11 is 0. The van der Waals surface area contributed by atoms with E-state index in [1.54, 1.807) is 26.6 Å². The van der Waals surface area contributed by atoms with Crippen molar-refractivity contribution in [3.8, 4) is 17.2 Å². The summed E-state index contributed by atoms with van der Waals surface area (Å²) < 4.78 is 17.7. The number of carboxylic acid groups (broad SMARTS) is 2. The normalized spacial score (nSPS) is 12.8. The molecule has 54 heavy (non-hydrogen) atoms. The van der Waals surface area contributed by atoms with Crippen molar-refractivity contribution >= 4 is 56.3 Å². The van der Waals surface area contributed by atoms with Gasteiger partial charge in [-0.3, -0.25) is 19.6 Å². The Labute approximate surface area is 344 Å². The van der Waals surface area contributed by atoms with Crippen LogP contribution in [0.2, 0.25) is 0 Å². The number of carbonyl (C=O) groups is 2. The largest absolute Gasteiger partial charge is 0.654 e. The van der Waals surface area contributed by atoms with E-state index >= 15 is 0 Å². The first-order chi connectivity index (χ1) is 25.4. The second-order valence-electron chi connectivity index (χ2n) is 12.4. The molecule has 297 valence electrons. The first-order valence-corrected chi connectivity index (χ1v) is 17.6. The quantitative estimate of drug-likeness (QED) is 0.218. The number of fused-ring (bicyclic) bond motifs is 7. The fourth-order valence-corrected chi connectivity index (χ4v) is 6.43. The van der Waals surface area contributed by atoms with Crippen LogP contribution in [0.1, 0.15) is 101 Å². The van der Waals surface area contributed by atoms with Crippen LogP contribution in [0.15, 0.2) is 30.6 Å². The molecular weight excluding hydrogens is 853 g/mol.